The van der Waals surface area contributed by atoms with E-state index in [2.05, 4.69) is 4.72 Å². The monoisotopic (exact) mass is 352 g/mol. The van der Waals surface area contributed by atoms with E-state index >= 15 is 0 Å². The largest absolute Gasteiger partial charge is 0.399 e. The van der Waals surface area contributed by atoms with Crippen LogP contribution >= 0.6 is 0 Å². The van der Waals surface area contributed by atoms with Crippen molar-refractivity contribution < 1.29 is 8.42 Å². The molecule has 0 fully saturated rings. The molecule has 0 aliphatic rings. The Morgan fingerprint density at radius 2 is 1.40 bits per heavy atom. The van der Waals surface area contributed by atoms with Crippen LogP contribution in [0.15, 0.2) is 71.6 Å². The van der Waals surface area contributed by atoms with Gasteiger partial charge in [0.1, 0.15) is 0 Å². The van der Waals surface area contributed by atoms with E-state index in [1.807, 2.05) is 56.3 Å². The van der Waals surface area contributed by atoms with Gasteiger partial charge in [0.25, 0.3) is 10.0 Å². The number of nitrogen functional groups attached to an aromatic ring is 1. The molecule has 0 bridgehead atoms. The van der Waals surface area contributed by atoms with Gasteiger partial charge in [0, 0.05) is 5.69 Å². The first kappa shape index (κ1) is 17.0. The van der Waals surface area contributed by atoms with Crippen molar-refractivity contribution >= 4 is 21.4 Å². The van der Waals surface area contributed by atoms with E-state index < -0.39 is 10.0 Å². The Kier molecular flexibility index (Phi) is 4.51. The van der Waals surface area contributed by atoms with Crippen LogP contribution in [0.4, 0.5) is 11.4 Å². The first-order chi connectivity index (χ1) is 11.8. The SMILES string of the molecule is Cc1ccc(-c2ccc(C)c(NS(=O)(=O)c3ccc(N)cc3)c2)cc1. The molecule has 0 saturated heterocycles. The lowest BCUT2D eigenvalue weighted by molar-refractivity contribution is 0.601. The zero-order valence-corrected chi connectivity index (χ0v) is 15.0. The molecule has 3 rings (SSSR count). The molecule has 3 aromatic carbocycles. The molecule has 0 unspecified atom stereocenters. The summed E-state index contributed by atoms with van der Waals surface area (Å²) in [4.78, 5) is 0.182. The summed E-state index contributed by atoms with van der Waals surface area (Å²) in [5.41, 5.74) is 10.8. The normalized spacial score (nSPS) is 11.3. The van der Waals surface area contributed by atoms with Crippen LogP contribution in [-0.4, -0.2) is 8.42 Å². The Labute approximate surface area is 148 Å². The molecule has 3 N–H and O–H groups in total. The molecule has 0 radical (unpaired) electrons. The molecule has 25 heavy (non-hydrogen) atoms. The van der Waals surface area contributed by atoms with Gasteiger partial charge in [-0.3, -0.25) is 4.72 Å². The summed E-state index contributed by atoms with van der Waals surface area (Å²) >= 11 is 0. The number of rotatable bonds is 4. The number of benzene rings is 3. The van der Waals surface area contributed by atoms with E-state index in [1.54, 1.807) is 12.1 Å². The van der Waals surface area contributed by atoms with E-state index in [0.29, 0.717) is 11.4 Å². The van der Waals surface area contributed by atoms with Crippen LogP contribution < -0.4 is 10.5 Å². The molecule has 0 heterocycles. The summed E-state index contributed by atoms with van der Waals surface area (Å²) in [5, 5.41) is 0. The predicted molar refractivity (Wildman–Crippen MR) is 103 cm³/mol. The highest BCUT2D eigenvalue weighted by Crippen LogP contribution is 2.27. The minimum absolute atomic E-state index is 0.182. The van der Waals surface area contributed by atoms with Crippen molar-refractivity contribution in [3.63, 3.8) is 0 Å². The highest BCUT2D eigenvalue weighted by Gasteiger charge is 2.15. The molecule has 0 amide bonds. The summed E-state index contributed by atoms with van der Waals surface area (Å²) in [6.07, 6.45) is 0. The molecular weight excluding hydrogens is 332 g/mol. The molecule has 0 aliphatic carbocycles. The summed E-state index contributed by atoms with van der Waals surface area (Å²) in [7, 11) is -3.66. The molecule has 0 aromatic heterocycles. The molecule has 0 saturated carbocycles. The highest BCUT2D eigenvalue weighted by molar-refractivity contribution is 7.92. The average molecular weight is 352 g/mol. The van der Waals surface area contributed by atoms with Gasteiger partial charge in [0.15, 0.2) is 0 Å². The van der Waals surface area contributed by atoms with Crippen molar-refractivity contribution in [2.45, 2.75) is 18.7 Å². The lowest BCUT2D eigenvalue weighted by atomic mass is 10.0. The van der Waals surface area contributed by atoms with Gasteiger partial charge in [-0.15, -0.1) is 0 Å². The van der Waals surface area contributed by atoms with E-state index in [0.717, 1.165) is 16.7 Å². The summed E-state index contributed by atoms with van der Waals surface area (Å²) in [6.45, 7) is 3.91. The predicted octanol–water partition coefficient (Wildman–Crippen LogP) is 4.35. The van der Waals surface area contributed by atoms with Crippen LogP contribution in [0.25, 0.3) is 11.1 Å². The van der Waals surface area contributed by atoms with Gasteiger partial charge in [-0.2, -0.15) is 0 Å². The van der Waals surface area contributed by atoms with Gasteiger partial charge in [0.05, 0.1) is 10.6 Å². The van der Waals surface area contributed by atoms with Crippen molar-refractivity contribution in [2.75, 3.05) is 10.5 Å². The smallest absolute Gasteiger partial charge is 0.261 e. The number of anilines is 2. The van der Waals surface area contributed by atoms with Gasteiger partial charge in [-0.25, -0.2) is 8.42 Å². The maximum absolute atomic E-state index is 12.6. The van der Waals surface area contributed by atoms with E-state index in [-0.39, 0.29) is 4.90 Å². The van der Waals surface area contributed by atoms with E-state index in [9.17, 15) is 8.42 Å². The van der Waals surface area contributed by atoms with Crippen molar-refractivity contribution in [3.05, 3.63) is 77.9 Å². The highest BCUT2D eigenvalue weighted by atomic mass is 32.2. The molecule has 5 heteroatoms. The third kappa shape index (κ3) is 3.83. The standard InChI is InChI=1S/C20H20N2O2S/c1-14-3-6-16(7-4-14)17-8-5-15(2)20(13-17)22-25(23,24)19-11-9-18(21)10-12-19/h3-13,22H,21H2,1-2H3. The van der Waals surface area contributed by atoms with E-state index in [1.165, 1.54) is 17.7 Å². The third-order valence-electron chi connectivity index (χ3n) is 4.06. The molecule has 0 aliphatic heterocycles. The number of hydrogen-bond acceptors (Lipinski definition) is 3. The van der Waals surface area contributed by atoms with Gasteiger partial charge in [-0.05, 0) is 60.9 Å². The van der Waals surface area contributed by atoms with E-state index in [4.69, 9.17) is 5.73 Å². The Balaban J connectivity index is 1.95. The molecule has 4 nitrogen and oxygen atoms in total. The Morgan fingerprint density at radius 3 is 2.04 bits per heavy atom. The lowest BCUT2D eigenvalue weighted by Gasteiger charge is -2.13. The van der Waals surface area contributed by atoms with Gasteiger partial charge in [0.2, 0.25) is 0 Å². The molecule has 3 aromatic rings. The van der Waals surface area contributed by atoms with Crippen molar-refractivity contribution in [1.29, 1.82) is 0 Å². The Bertz CT molecular complexity index is 993. The fourth-order valence-electron chi connectivity index (χ4n) is 2.51. The number of nitrogens with one attached hydrogen (secondary N) is 1. The van der Waals surface area contributed by atoms with Crippen LogP contribution in [0.2, 0.25) is 0 Å². The van der Waals surface area contributed by atoms with Crippen LogP contribution in [-0.2, 0) is 10.0 Å². The minimum Gasteiger partial charge on any atom is -0.399 e. The number of aryl methyl sites for hydroxylation is 2. The first-order valence-electron chi connectivity index (χ1n) is 7.91. The maximum atomic E-state index is 12.6. The van der Waals surface area contributed by atoms with Gasteiger partial charge < -0.3 is 5.73 Å². The molecule has 0 spiro atoms. The summed E-state index contributed by atoms with van der Waals surface area (Å²) in [5.74, 6) is 0. The topological polar surface area (TPSA) is 72.2 Å². The van der Waals surface area contributed by atoms with Crippen LogP contribution in [0.3, 0.4) is 0 Å². The zero-order chi connectivity index (χ0) is 18.0. The second-order valence-electron chi connectivity index (χ2n) is 6.07. The van der Waals surface area contributed by atoms with Gasteiger partial charge in [-0.1, -0.05) is 42.0 Å². The van der Waals surface area contributed by atoms with Gasteiger partial charge >= 0.3 is 0 Å². The Morgan fingerprint density at radius 1 is 0.800 bits per heavy atom. The van der Waals surface area contributed by atoms with Crippen LogP contribution in [0.5, 0.6) is 0 Å². The molecule has 128 valence electrons. The van der Waals surface area contributed by atoms with Crippen LogP contribution in [0, 0.1) is 13.8 Å². The van der Waals surface area contributed by atoms with Crippen molar-refractivity contribution in [2.24, 2.45) is 0 Å². The van der Waals surface area contributed by atoms with Crippen molar-refractivity contribution in [3.8, 4) is 11.1 Å². The first-order valence-corrected chi connectivity index (χ1v) is 9.39. The fourth-order valence-corrected chi connectivity index (χ4v) is 3.63. The average Bonchev–Trinajstić information content (AvgIpc) is 2.58. The molecular formula is C20H20N2O2S. The van der Waals surface area contributed by atoms with Crippen LogP contribution in [0.1, 0.15) is 11.1 Å². The second-order valence-corrected chi connectivity index (χ2v) is 7.75. The maximum Gasteiger partial charge on any atom is 0.261 e. The zero-order valence-electron chi connectivity index (χ0n) is 14.2. The quantitative estimate of drug-likeness (QED) is 0.686. The lowest BCUT2D eigenvalue weighted by Crippen LogP contribution is -2.13. The second kappa shape index (κ2) is 6.61. The number of sulfonamides is 1. The number of nitrogens with two attached hydrogens (primary N) is 1. The summed E-state index contributed by atoms with van der Waals surface area (Å²) in [6, 6.07) is 20.0. The number of hydrogen-bond donors (Lipinski definition) is 2. The molecule has 0 atom stereocenters. The minimum atomic E-state index is -3.66. The fraction of sp³-hybridized carbons (Fsp3) is 0.100. The van der Waals surface area contributed by atoms with Crippen molar-refractivity contribution in [1.82, 2.24) is 0 Å². The third-order valence-corrected chi connectivity index (χ3v) is 5.44. The summed E-state index contributed by atoms with van der Waals surface area (Å²) < 4.78 is 27.9. The Hall–Kier alpha value is -2.79.